The van der Waals surface area contributed by atoms with Crippen LogP contribution in [-0.2, 0) is 4.74 Å². The number of anilines is 2. The van der Waals surface area contributed by atoms with Gasteiger partial charge >= 0.3 is 0 Å². The van der Waals surface area contributed by atoms with E-state index < -0.39 is 10.8 Å². The number of amides is 1. The second-order valence-corrected chi connectivity index (χ2v) is 7.70. The molecular formula is C24H21N5O4. The Labute approximate surface area is 189 Å². The monoisotopic (exact) mass is 443 g/mol. The van der Waals surface area contributed by atoms with Crippen LogP contribution >= 0.6 is 0 Å². The number of ether oxygens (including phenoxy) is 1. The largest absolute Gasteiger partial charge is 0.378 e. The molecule has 3 aromatic carbocycles. The number of morpholine rings is 1. The lowest BCUT2D eigenvalue weighted by molar-refractivity contribution is -0.384. The van der Waals surface area contributed by atoms with E-state index in [0.29, 0.717) is 43.5 Å². The van der Waals surface area contributed by atoms with E-state index in [0.717, 1.165) is 16.6 Å². The summed E-state index contributed by atoms with van der Waals surface area (Å²) in [5, 5.41) is 14.5. The number of nitrogens with one attached hydrogen (secondary N) is 2. The van der Waals surface area contributed by atoms with Gasteiger partial charge in [0.25, 0.3) is 11.6 Å². The summed E-state index contributed by atoms with van der Waals surface area (Å²) >= 11 is 0. The number of hydrogen-bond donors (Lipinski definition) is 2. The van der Waals surface area contributed by atoms with E-state index >= 15 is 0 Å². The minimum absolute atomic E-state index is 0.0967. The topological polar surface area (TPSA) is 113 Å². The molecule has 0 radical (unpaired) electrons. The van der Waals surface area contributed by atoms with E-state index in [1.54, 1.807) is 18.2 Å². The van der Waals surface area contributed by atoms with Gasteiger partial charge in [0, 0.05) is 36.0 Å². The first-order chi connectivity index (χ1) is 16.1. The highest BCUT2D eigenvalue weighted by molar-refractivity contribution is 6.05. The third-order valence-corrected chi connectivity index (χ3v) is 5.57. The average molecular weight is 443 g/mol. The number of nitro benzene ring substituents is 1. The Hall–Kier alpha value is -4.24. The maximum absolute atomic E-state index is 12.9. The minimum Gasteiger partial charge on any atom is -0.378 e. The number of nitrogens with zero attached hydrogens (tertiary/aromatic N) is 3. The Morgan fingerprint density at radius 1 is 1.06 bits per heavy atom. The fourth-order valence-corrected chi connectivity index (χ4v) is 3.92. The quantitative estimate of drug-likeness (QED) is 0.353. The number of H-pyrrole nitrogens is 1. The number of fused-ring (bicyclic) bond motifs is 1. The number of carbonyl (C=O) groups excluding carboxylic acids is 1. The Morgan fingerprint density at radius 3 is 2.67 bits per heavy atom. The molecule has 5 rings (SSSR count). The molecule has 0 bridgehead atoms. The molecule has 0 unspecified atom stereocenters. The zero-order valence-corrected chi connectivity index (χ0v) is 17.7. The highest BCUT2D eigenvalue weighted by Crippen LogP contribution is 2.30. The smallest absolute Gasteiger partial charge is 0.293 e. The summed E-state index contributed by atoms with van der Waals surface area (Å²) in [5.41, 5.74) is 3.78. The van der Waals surface area contributed by atoms with Crippen LogP contribution in [-0.4, -0.2) is 47.1 Å². The summed E-state index contributed by atoms with van der Waals surface area (Å²) in [5.74, 6) is 0.270. The van der Waals surface area contributed by atoms with Gasteiger partial charge in [0.15, 0.2) is 0 Å². The van der Waals surface area contributed by atoms with Crippen molar-refractivity contribution in [1.82, 2.24) is 9.97 Å². The number of rotatable bonds is 5. The van der Waals surface area contributed by atoms with E-state index in [1.807, 2.05) is 47.4 Å². The molecule has 9 nitrogen and oxygen atoms in total. The maximum atomic E-state index is 12.9. The Balaban J connectivity index is 1.38. The lowest BCUT2D eigenvalue weighted by atomic mass is 10.1. The van der Waals surface area contributed by atoms with Crippen LogP contribution in [0.3, 0.4) is 0 Å². The molecule has 0 saturated carbocycles. The van der Waals surface area contributed by atoms with Crippen molar-refractivity contribution in [2.24, 2.45) is 0 Å². The molecule has 1 aliphatic rings. The van der Waals surface area contributed by atoms with Crippen LogP contribution in [0.25, 0.3) is 22.4 Å². The zero-order chi connectivity index (χ0) is 22.8. The summed E-state index contributed by atoms with van der Waals surface area (Å²) < 4.78 is 5.33. The fourth-order valence-electron chi connectivity index (χ4n) is 3.92. The summed E-state index contributed by atoms with van der Waals surface area (Å²) in [6.45, 7) is 2.17. The third-order valence-electron chi connectivity index (χ3n) is 5.57. The normalized spacial score (nSPS) is 13.8. The van der Waals surface area contributed by atoms with Crippen molar-refractivity contribution in [2.45, 2.75) is 0 Å². The molecule has 1 aliphatic heterocycles. The van der Waals surface area contributed by atoms with Crippen LogP contribution in [0.5, 0.6) is 0 Å². The first-order valence-electron chi connectivity index (χ1n) is 10.6. The number of imidazole rings is 1. The van der Waals surface area contributed by atoms with Gasteiger partial charge in [-0.3, -0.25) is 14.9 Å². The molecule has 1 amide bonds. The van der Waals surface area contributed by atoms with Crippen LogP contribution in [0.4, 0.5) is 17.1 Å². The Kier molecular flexibility index (Phi) is 5.45. The van der Waals surface area contributed by atoms with E-state index in [-0.39, 0.29) is 11.3 Å². The Bertz CT molecular complexity index is 1310. The van der Waals surface area contributed by atoms with Gasteiger partial charge in [0.05, 0.1) is 29.2 Å². The summed E-state index contributed by atoms with van der Waals surface area (Å²) in [6.07, 6.45) is 0. The number of aromatic amines is 1. The molecule has 0 aliphatic carbocycles. The molecule has 0 spiro atoms. The van der Waals surface area contributed by atoms with Crippen LogP contribution < -0.4 is 10.2 Å². The molecule has 1 saturated heterocycles. The highest BCUT2D eigenvalue weighted by Gasteiger charge is 2.23. The first-order valence-corrected chi connectivity index (χ1v) is 10.6. The molecular weight excluding hydrogens is 422 g/mol. The van der Waals surface area contributed by atoms with E-state index in [2.05, 4.69) is 15.3 Å². The summed E-state index contributed by atoms with van der Waals surface area (Å²) in [6, 6.07) is 19.6. The van der Waals surface area contributed by atoms with Crippen molar-refractivity contribution < 1.29 is 14.5 Å². The van der Waals surface area contributed by atoms with Crippen molar-refractivity contribution in [3.63, 3.8) is 0 Å². The number of aromatic nitrogens is 2. The van der Waals surface area contributed by atoms with Crippen LogP contribution in [0.1, 0.15) is 10.4 Å². The minimum atomic E-state index is -0.455. The molecule has 33 heavy (non-hydrogen) atoms. The predicted molar refractivity (Wildman–Crippen MR) is 126 cm³/mol. The van der Waals surface area contributed by atoms with Crippen molar-refractivity contribution in [3.8, 4) is 11.4 Å². The van der Waals surface area contributed by atoms with Gasteiger partial charge < -0.3 is 19.9 Å². The van der Waals surface area contributed by atoms with Crippen LogP contribution in [0.15, 0.2) is 66.7 Å². The van der Waals surface area contributed by atoms with E-state index in [4.69, 9.17) is 4.74 Å². The van der Waals surface area contributed by atoms with Gasteiger partial charge in [-0.1, -0.05) is 24.3 Å². The van der Waals surface area contributed by atoms with E-state index in [9.17, 15) is 14.9 Å². The number of nitro groups is 1. The SMILES string of the molecule is O=C(Nc1cccc(-c2nc3ccccc3[nH]2)c1)c1ccc(N2CCOCC2)c([N+](=O)[O-])c1. The van der Waals surface area contributed by atoms with Gasteiger partial charge in [0.1, 0.15) is 11.5 Å². The molecule has 1 fully saturated rings. The summed E-state index contributed by atoms with van der Waals surface area (Å²) in [4.78, 5) is 33.9. The third kappa shape index (κ3) is 4.26. The lowest BCUT2D eigenvalue weighted by Gasteiger charge is -2.28. The zero-order valence-electron chi connectivity index (χ0n) is 17.7. The number of benzene rings is 3. The van der Waals surface area contributed by atoms with Crippen LogP contribution in [0, 0.1) is 10.1 Å². The molecule has 9 heteroatoms. The predicted octanol–water partition coefficient (Wildman–Crippen LogP) is 4.23. The number of para-hydroxylation sites is 2. The fraction of sp³-hybridized carbons (Fsp3) is 0.167. The van der Waals surface area contributed by atoms with Crippen molar-refractivity contribution in [3.05, 3.63) is 82.4 Å². The van der Waals surface area contributed by atoms with Gasteiger partial charge in [-0.25, -0.2) is 4.98 Å². The van der Waals surface area contributed by atoms with Gasteiger partial charge in [-0.15, -0.1) is 0 Å². The maximum Gasteiger partial charge on any atom is 0.293 e. The van der Waals surface area contributed by atoms with Crippen molar-refractivity contribution in [2.75, 3.05) is 36.5 Å². The summed E-state index contributed by atoms with van der Waals surface area (Å²) in [7, 11) is 0. The van der Waals surface area contributed by atoms with Gasteiger partial charge in [-0.05, 0) is 36.4 Å². The van der Waals surface area contributed by atoms with Gasteiger partial charge in [0.2, 0.25) is 0 Å². The molecule has 2 N–H and O–H groups in total. The second-order valence-electron chi connectivity index (χ2n) is 7.70. The second kappa shape index (κ2) is 8.71. The molecule has 2 heterocycles. The Morgan fingerprint density at radius 2 is 1.88 bits per heavy atom. The van der Waals surface area contributed by atoms with Crippen molar-refractivity contribution in [1.29, 1.82) is 0 Å². The highest BCUT2D eigenvalue weighted by atomic mass is 16.6. The molecule has 0 atom stereocenters. The van der Waals surface area contributed by atoms with Crippen LogP contribution in [0.2, 0.25) is 0 Å². The van der Waals surface area contributed by atoms with Gasteiger partial charge in [-0.2, -0.15) is 0 Å². The molecule has 4 aromatic rings. The van der Waals surface area contributed by atoms with E-state index in [1.165, 1.54) is 6.07 Å². The van der Waals surface area contributed by atoms with Crippen molar-refractivity contribution >= 4 is 34.0 Å². The standard InChI is InChI=1S/C24H21N5O4/c30-24(17-8-9-21(22(15-17)29(31)32)28-10-12-33-13-11-28)25-18-5-3-4-16(14-18)23-26-19-6-1-2-7-20(19)27-23/h1-9,14-15H,10-13H2,(H,25,30)(H,26,27). The first kappa shape index (κ1) is 20.7. The molecule has 166 valence electrons. The number of hydrogen-bond acceptors (Lipinski definition) is 6. The average Bonchev–Trinajstić information content (AvgIpc) is 3.29. The number of carbonyl (C=O) groups is 1. The lowest BCUT2D eigenvalue weighted by Crippen LogP contribution is -2.36. The molecule has 1 aromatic heterocycles.